The second-order valence-corrected chi connectivity index (χ2v) is 7.41. The highest BCUT2D eigenvalue weighted by atomic mass is 16.2. The average molecular weight is 402 g/mol. The Balaban J connectivity index is 1.40. The highest BCUT2D eigenvalue weighted by Crippen LogP contribution is 2.21. The zero-order valence-corrected chi connectivity index (χ0v) is 17.5. The summed E-state index contributed by atoms with van der Waals surface area (Å²) in [6, 6.07) is 20.1. The van der Waals surface area contributed by atoms with Crippen LogP contribution in [0.5, 0.6) is 0 Å². The molecule has 4 rings (SSSR count). The summed E-state index contributed by atoms with van der Waals surface area (Å²) < 4.78 is 0. The number of hydrogen-bond acceptors (Lipinski definition) is 5. The molecule has 0 bridgehead atoms. The van der Waals surface area contributed by atoms with Crippen molar-refractivity contribution in [3.63, 3.8) is 0 Å². The maximum Gasteiger partial charge on any atom is 0.253 e. The van der Waals surface area contributed by atoms with Gasteiger partial charge in [0.05, 0.1) is 0 Å². The van der Waals surface area contributed by atoms with Gasteiger partial charge in [0.15, 0.2) is 0 Å². The third kappa shape index (κ3) is 4.43. The van der Waals surface area contributed by atoms with Crippen LogP contribution in [0.25, 0.3) is 11.1 Å². The van der Waals surface area contributed by atoms with Gasteiger partial charge in [-0.15, -0.1) is 0 Å². The van der Waals surface area contributed by atoms with Crippen molar-refractivity contribution in [2.24, 2.45) is 0 Å². The lowest BCUT2D eigenvalue weighted by Crippen LogP contribution is -2.49. The van der Waals surface area contributed by atoms with E-state index in [9.17, 15) is 4.79 Å². The molecule has 0 saturated carbocycles. The first kappa shape index (κ1) is 19.9. The molecule has 3 aromatic rings. The van der Waals surface area contributed by atoms with Crippen molar-refractivity contribution in [2.45, 2.75) is 13.8 Å². The Kier molecular flexibility index (Phi) is 5.93. The zero-order chi connectivity index (χ0) is 20.9. The summed E-state index contributed by atoms with van der Waals surface area (Å²) in [7, 11) is 0. The van der Waals surface area contributed by atoms with Crippen molar-refractivity contribution in [3.05, 3.63) is 72.1 Å². The van der Waals surface area contributed by atoms with Gasteiger partial charge in [0.25, 0.3) is 5.91 Å². The van der Waals surface area contributed by atoms with Gasteiger partial charge in [0, 0.05) is 44.4 Å². The van der Waals surface area contributed by atoms with E-state index in [2.05, 4.69) is 32.3 Å². The molecule has 0 spiro atoms. The second kappa shape index (κ2) is 8.95. The van der Waals surface area contributed by atoms with E-state index in [1.807, 2.05) is 67.3 Å². The molecule has 1 saturated heterocycles. The van der Waals surface area contributed by atoms with Crippen molar-refractivity contribution in [3.8, 4) is 11.1 Å². The number of nitrogens with zero attached hydrogens (tertiary/aromatic N) is 4. The normalized spacial score (nSPS) is 13.9. The number of benzene rings is 2. The summed E-state index contributed by atoms with van der Waals surface area (Å²) in [4.78, 5) is 26.1. The third-order valence-electron chi connectivity index (χ3n) is 5.31. The molecular formula is C24H27N5O. The number of hydrogen-bond donors (Lipinski definition) is 1. The average Bonchev–Trinajstić information content (AvgIpc) is 2.79. The van der Waals surface area contributed by atoms with E-state index in [1.165, 1.54) is 0 Å². The van der Waals surface area contributed by atoms with Gasteiger partial charge >= 0.3 is 0 Å². The standard InChI is InChI=1S/C24H27N5O/c1-3-25-22-17-23(27-18(2)26-22)28-13-15-29(16-14-28)24(30)21-11-9-20(10-12-21)19-7-5-4-6-8-19/h4-12,17H,3,13-16H2,1-2H3,(H,25,26,27). The largest absolute Gasteiger partial charge is 0.370 e. The van der Waals surface area contributed by atoms with Gasteiger partial charge in [0.1, 0.15) is 17.5 Å². The van der Waals surface area contributed by atoms with Crippen LogP contribution in [-0.4, -0.2) is 53.5 Å². The topological polar surface area (TPSA) is 61.4 Å². The van der Waals surface area contributed by atoms with E-state index >= 15 is 0 Å². The Morgan fingerprint density at radius 3 is 2.27 bits per heavy atom. The molecule has 1 fully saturated rings. The molecule has 1 aromatic heterocycles. The third-order valence-corrected chi connectivity index (χ3v) is 5.31. The first-order chi connectivity index (χ1) is 14.6. The molecule has 30 heavy (non-hydrogen) atoms. The van der Waals surface area contributed by atoms with Crippen LogP contribution in [0.3, 0.4) is 0 Å². The fourth-order valence-corrected chi connectivity index (χ4v) is 3.74. The van der Waals surface area contributed by atoms with Crippen LogP contribution < -0.4 is 10.2 Å². The number of rotatable bonds is 5. The molecule has 0 radical (unpaired) electrons. The highest BCUT2D eigenvalue weighted by Gasteiger charge is 2.23. The number of carbonyl (C=O) groups is 1. The summed E-state index contributed by atoms with van der Waals surface area (Å²) in [5.41, 5.74) is 3.00. The number of anilines is 2. The number of piperazine rings is 1. The SMILES string of the molecule is CCNc1cc(N2CCN(C(=O)c3ccc(-c4ccccc4)cc3)CC2)nc(C)n1. The van der Waals surface area contributed by atoms with Crippen molar-refractivity contribution in [1.82, 2.24) is 14.9 Å². The van der Waals surface area contributed by atoms with Crippen LogP contribution in [0, 0.1) is 6.92 Å². The van der Waals surface area contributed by atoms with E-state index in [1.54, 1.807) is 0 Å². The number of carbonyl (C=O) groups excluding carboxylic acids is 1. The molecule has 1 amide bonds. The fourth-order valence-electron chi connectivity index (χ4n) is 3.74. The number of nitrogens with one attached hydrogen (secondary N) is 1. The summed E-state index contributed by atoms with van der Waals surface area (Å²) in [6.45, 7) is 7.65. The maximum atomic E-state index is 13.0. The lowest BCUT2D eigenvalue weighted by atomic mass is 10.0. The first-order valence-electron chi connectivity index (χ1n) is 10.4. The zero-order valence-electron chi connectivity index (χ0n) is 17.5. The Morgan fingerprint density at radius 1 is 0.933 bits per heavy atom. The van der Waals surface area contributed by atoms with E-state index < -0.39 is 0 Å². The van der Waals surface area contributed by atoms with Gasteiger partial charge in [-0.1, -0.05) is 42.5 Å². The van der Waals surface area contributed by atoms with E-state index in [0.29, 0.717) is 13.1 Å². The maximum absolute atomic E-state index is 13.0. The van der Waals surface area contributed by atoms with Crippen LogP contribution in [0.1, 0.15) is 23.1 Å². The van der Waals surface area contributed by atoms with Gasteiger partial charge in [-0.05, 0) is 37.1 Å². The molecule has 154 valence electrons. The second-order valence-electron chi connectivity index (χ2n) is 7.41. The Hall–Kier alpha value is -3.41. The minimum absolute atomic E-state index is 0.0847. The molecular weight excluding hydrogens is 374 g/mol. The van der Waals surface area contributed by atoms with Crippen LogP contribution >= 0.6 is 0 Å². The Labute approximate surface area is 177 Å². The van der Waals surface area contributed by atoms with E-state index in [-0.39, 0.29) is 5.91 Å². The van der Waals surface area contributed by atoms with E-state index in [4.69, 9.17) is 0 Å². The molecule has 1 aliphatic heterocycles. The molecule has 6 heteroatoms. The van der Waals surface area contributed by atoms with Crippen LogP contribution in [0.15, 0.2) is 60.7 Å². The summed E-state index contributed by atoms with van der Waals surface area (Å²) in [5, 5.41) is 3.25. The highest BCUT2D eigenvalue weighted by molar-refractivity contribution is 5.95. The monoisotopic (exact) mass is 401 g/mol. The lowest BCUT2D eigenvalue weighted by Gasteiger charge is -2.35. The number of amides is 1. The van der Waals surface area contributed by atoms with Crippen molar-refractivity contribution < 1.29 is 4.79 Å². The minimum atomic E-state index is 0.0847. The Bertz CT molecular complexity index is 996. The summed E-state index contributed by atoms with van der Waals surface area (Å²) in [6.07, 6.45) is 0. The van der Waals surface area contributed by atoms with Crippen LogP contribution in [-0.2, 0) is 0 Å². The van der Waals surface area contributed by atoms with Crippen molar-refractivity contribution in [1.29, 1.82) is 0 Å². The summed E-state index contributed by atoms with van der Waals surface area (Å²) in [5.74, 6) is 2.59. The first-order valence-corrected chi connectivity index (χ1v) is 10.4. The fraction of sp³-hybridized carbons (Fsp3) is 0.292. The molecule has 2 heterocycles. The van der Waals surface area contributed by atoms with Crippen molar-refractivity contribution >= 4 is 17.5 Å². The van der Waals surface area contributed by atoms with E-state index in [0.717, 1.165) is 53.8 Å². The lowest BCUT2D eigenvalue weighted by molar-refractivity contribution is 0.0746. The molecule has 0 aliphatic carbocycles. The van der Waals surface area contributed by atoms with Gasteiger partial charge in [-0.2, -0.15) is 0 Å². The van der Waals surface area contributed by atoms with Gasteiger partial charge in [-0.3, -0.25) is 4.79 Å². The molecule has 6 nitrogen and oxygen atoms in total. The van der Waals surface area contributed by atoms with Crippen molar-refractivity contribution in [2.75, 3.05) is 42.9 Å². The minimum Gasteiger partial charge on any atom is -0.370 e. The Morgan fingerprint density at radius 2 is 1.60 bits per heavy atom. The predicted molar refractivity (Wildman–Crippen MR) is 121 cm³/mol. The van der Waals surface area contributed by atoms with Gasteiger partial charge < -0.3 is 15.1 Å². The number of aromatic nitrogens is 2. The van der Waals surface area contributed by atoms with Gasteiger partial charge in [-0.25, -0.2) is 9.97 Å². The molecule has 0 atom stereocenters. The van der Waals surface area contributed by atoms with Crippen LogP contribution in [0.2, 0.25) is 0 Å². The molecule has 1 aliphatic rings. The molecule has 1 N–H and O–H groups in total. The van der Waals surface area contributed by atoms with Gasteiger partial charge in [0.2, 0.25) is 0 Å². The predicted octanol–water partition coefficient (Wildman–Crippen LogP) is 3.85. The molecule has 2 aromatic carbocycles. The quantitative estimate of drug-likeness (QED) is 0.704. The van der Waals surface area contributed by atoms with Crippen LogP contribution in [0.4, 0.5) is 11.6 Å². The molecule has 0 unspecified atom stereocenters. The summed E-state index contributed by atoms with van der Waals surface area (Å²) >= 11 is 0. The smallest absolute Gasteiger partial charge is 0.253 e. The number of aryl methyl sites for hydroxylation is 1.